The van der Waals surface area contributed by atoms with E-state index in [0.29, 0.717) is 19.4 Å². The van der Waals surface area contributed by atoms with Gasteiger partial charge >= 0.3 is 0 Å². The van der Waals surface area contributed by atoms with Crippen molar-refractivity contribution < 1.29 is 18.0 Å². The maximum absolute atomic E-state index is 12.6. The zero-order valence-corrected chi connectivity index (χ0v) is 15.1. The second kappa shape index (κ2) is 6.79. The number of hydrogen-bond acceptors (Lipinski definition) is 4. The first-order valence-corrected chi connectivity index (χ1v) is 10.4. The van der Waals surface area contributed by atoms with E-state index in [1.807, 2.05) is 6.92 Å². The van der Waals surface area contributed by atoms with Crippen molar-refractivity contribution in [2.24, 2.45) is 0 Å². The van der Waals surface area contributed by atoms with Crippen LogP contribution in [-0.4, -0.2) is 54.8 Å². The van der Waals surface area contributed by atoms with Crippen molar-refractivity contribution in [2.75, 3.05) is 12.8 Å². The summed E-state index contributed by atoms with van der Waals surface area (Å²) in [6, 6.07) is -0.520. The molecule has 1 aliphatic heterocycles. The maximum atomic E-state index is 12.6. The topological polar surface area (TPSA) is 83.5 Å². The van der Waals surface area contributed by atoms with Crippen molar-refractivity contribution in [3.05, 3.63) is 0 Å². The first-order chi connectivity index (χ1) is 10.7. The minimum absolute atomic E-state index is 0.118. The zero-order chi connectivity index (χ0) is 17.3. The highest BCUT2D eigenvalue weighted by molar-refractivity contribution is 7.92. The zero-order valence-electron chi connectivity index (χ0n) is 14.3. The molecule has 2 atom stereocenters. The lowest BCUT2D eigenvalue weighted by Crippen LogP contribution is -2.57. The van der Waals surface area contributed by atoms with E-state index < -0.39 is 26.5 Å². The molecule has 0 spiro atoms. The smallest absolute Gasteiger partial charge is 0.245 e. The summed E-state index contributed by atoms with van der Waals surface area (Å²) < 4.78 is 22.9. The molecule has 0 aromatic rings. The third-order valence-electron chi connectivity index (χ3n) is 5.34. The van der Waals surface area contributed by atoms with Crippen LogP contribution in [0.25, 0.3) is 0 Å². The largest absolute Gasteiger partial charge is 0.343 e. The average Bonchev–Trinajstić information content (AvgIpc) is 2.97. The molecule has 2 fully saturated rings. The molecule has 1 aliphatic carbocycles. The van der Waals surface area contributed by atoms with Crippen LogP contribution in [0.15, 0.2) is 0 Å². The van der Waals surface area contributed by atoms with E-state index in [-0.39, 0.29) is 11.9 Å². The normalized spacial score (nSPS) is 25.9. The lowest BCUT2D eigenvalue weighted by Gasteiger charge is -2.36. The van der Waals surface area contributed by atoms with Gasteiger partial charge in [-0.05, 0) is 46.0 Å². The molecule has 132 valence electrons. The van der Waals surface area contributed by atoms with E-state index in [0.717, 1.165) is 38.4 Å². The molecule has 2 aliphatic rings. The van der Waals surface area contributed by atoms with Gasteiger partial charge < -0.3 is 10.2 Å². The highest BCUT2D eigenvalue weighted by Gasteiger charge is 2.50. The number of hydrogen-bond donors (Lipinski definition) is 1. The molecule has 23 heavy (non-hydrogen) atoms. The molecule has 0 bridgehead atoms. The minimum atomic E-state index is -3.51. The molecule has 1 heterocycles. The van der Waals surface area contributed by atoms with Crippen molar-refractivity contribution in [1.29, 1.82) is 0 Å². The summed E-state index contributed by atoms with van der Waals surface area (Å²) in [5, 5.41) is 2.68. The van der Waals surface area contributed by atoms with Gasteiger partial charge in [-0.15, -0.1) is 0 Å². The van der Waals surface area contributed by atoms with Gasteiger partial charge in [0, 0.05) is 18.8 Å². The van der Waals surface area contributed by atoms with Crippen molar-refractivity contribution in [3.8, 4) is 0 Å². The molecule has 7 heteroatoms. The molecule has 0 unspecified atom stereocenters. The van der Waals surface area contributed by atoms with Crippen molar-refractivity contribution >= 4 is 21.7 Å². The SMILES string of the molecule is C[C@H](NC(=O)C1(S(C)(=O)=O)CCCC1)C(=O)N1CCCC[C@H]1C. The second-order valence-corrected chi connectivity index (χ2v) is 9.37. The Morgan fingerprint density at radius 2 is 1.78 bits per heavy atom. The van der Waals surface area contributed by atoms with Crippen LogP contribution in [0.4, 0.5) is 0 Å². The Balaban J connectivity index is 2.08. The fraction of sp³-hybridized carbons (Fsp3) is 0.875. The van der Waals surface area contributed by atoms with Crippen LogP contribution < -0.4 is 5.32 Å². The molecule has 1 saturated carbocycles. The van der Waals surface area contributed by atoms with Crippen molar-refractivity contribution in [1.82, 2.24) is 10.2 Å². The van der Waals surface area contributed by atoms with Crippen LogP contribution in [0, 0.1) is 0 Å². The van der Waals surface area contributed by atoms with Gasteiger partial charge in [-0.25, -0.2) is 8.42 Å². The Morgan fingerprint density at radius 1 is 1.17 bits per heavy atom. The number of piperidine rings is 1. The summed E-state index contributed by atoms with van der Waals surface area (Å²) in [6.07, 6.45) is 6.33. The van der Waals surface area contributed by atoms with Gasteiger partial charge in [-0.1, -0.05) is 12.8 Å². The molecule has 2 amide bonds. The molecule has 0 aromatic carbocycles. The highest BCUT2D eigenvalue weighted by Crippen LogP contribution is 2.36. The van der Waals surface area contributed by atoms with E-state index in [2.05, 4.69) is 5.32 Å². The van der Waals surface area contributed by atoms with Crippen LogP contribution >= 0.6 is 0 Å². The monoisotopic (exact) mass is 344 g/mol. The van der Waals surface area contributed by atoms with Gasteiger partial charge in [0.05, 0.1) is 0 Å². The van der Waals surface area contributed by atoms with E-state index in [9.17, 15) is 18.0 Å². The number of rotatable bonds is 4. The number of carbonyl (C=O) groups excluding carboxylic acids is 2. The van der Waals surface area contributed by atoms with E-state index in [1.54, 1.807) is 11.8 Å². The summed E-state index contributed by atoms with van der Waals surface area (Å²) in [6.45, 7) is 4.37. The van der Waals surface area contributed by atoms with E-state index >= 15 is 0 Å². The van der Waals surface area contributed by atoms with E-state index in [4.69, 9.17) is 0 Å². The number of carbonyl (C=O) groups is 2. The Labute approximate surface area is 138 Å². The molecule has 1 N–H and O–H groups in total. The summed E-state index contributed by atoms with van der Waals surface area (Å²) >= 11 is 0. The first kappa shape index (κ1) is 18.2. The summed E-state index contributed by atoms with van der Waals surface area (Å²) in [4.78, 5) is 27.0. The standard InChI is InChI=1S/C16H28N2O4S/c1-12-8-4-7-11-18(12)14(19)13(2)17-15(20)16(23(3,21)22)9-5-6-10-16/h12-13H,4-11H2,1-3H3,(H,17,20)/t12-,13+/m1/s1. The lowest BCUT2D eigenvalue weighted by atomic mass is 10.0. The number of nitrogens with one attached hydrogen (secondary N) is 1. The second-order valence-electron chi connectivity index (χ2n) is 7.05. The number of nitrogens with zero attached hydrogens (tertiary/aromatic N) is 1. The molecule has 6 nitrogen and oxygen atoms in total. The molecular formula is C16H28N2O4S. The minimum Gasteiger partial charge on any atom is -0.343 e. The highest BCUT2D eigenvalue weighted by atomic mass is 32.2. The van der Waals surface area contributed by atoms with Gasteiger partial charge in [0.1, 0.15) is 10.8 Å². The van der Waals surface area contributed by atoms with Crippen molar-refractivity contribution in [2.45, 2.75) is 75.6 Å². The Kier molecular flexibility index (Phi) is 5.38. The van der Waals surface area contributed by atoms with Crippen LogP contribution in [-0.2, 0) is 19.4 Å². The Bertz CT molecular complexity index is 567. The summed E-state index contributed by atoms with van der Waals surface area (Å²) in [7, 11) is -3.51. The fourth-order valence-electron chi connectivity index (χ4n) is 3.78. The van der Waals surface area contributed by atoms with Gasteiger partial charge in [0.15, 0.2) is 9.84 Å². The van der Waals surface area contributed by atoms with Crippen molar-refractivity contribution in [3.63, 3.8) is 0 Å². The summed E-state index contributed by atoms with van der Waals surface area (Å²) in [5.74, 6) is -0.629. The van der Waals surface area contributed by atoms with Crippen LogP contribution in [0.3, 0.4) is 0 Å². The molecule has 2 rings (SSSR count). The predicted octanol–water partition coefficient (Wildman–Crippen LogP) is 1.25. The Morgan fingerprint density at radius 3 is 2.30 bits per heavy atom. The number of sulfone groups is 1. The Hall–Kier alpha value is -1.11. The number of likely N-dealkylation sites (tertiary alicyclic amines) is 1. The lowest BCUT2D eigenvalue weighted by molar-refractivity contribution is -0.139. The van der Waals surface area contributed by atoms with Gasteiger partial charge in [-0.3, -0.25) is 9.59 Å². The quantitative estimate of drug-likeness (QED) is 0.832. The molecular weight excluding hydrogens is 316 g/mol. The fourth-order valence-corrected chi connectivity index (χ4v) is 5.20. The molecule has 0 radical (unpaired) electrons. The third kappa shape index (κ3) is 3.54. The summed E-state index contributed by atoms with van der Waals surface area (Å²) in [5.41, 5.74) is 0. The van der Waals surface area contributed by atoms with E-state index in [1.165, 1.54) is 0 Å². The third-order valence-corrected chi connectivity index (χ3v) is 7.35. The van der Waals surface area contributed by atoms with Crippen LogP contribution in [0.2, 0.25) is 0 Å². The van der Waals surface area contributed by atoms with Crippen LogP contribution in [0.5, 0.6) is 0 Å². The average molecular weight is 344 g/mol. The predicted molar refractivity (Wildman–Crippen MR) is 88.7 cm³/mol. The van der Waals surface area contributed by atoms with Gasteiger partial charge in [0.25, 0.3) is 0 Å². The molecule has 0 aromatic heterocycles. The van der Waals surface area contributed by atoms with Gasteiger partial charge in [-0.2, -0.15) is 0 Å². The van der Waals surface area contributed by atoms with Gasteiger partial charge in [0.2, 0.25) is 11.8 Å². The van der Waals surface area contributed by atoms with Crippen LogP contribution in [0.1, 0.15) is 58.8 Å². The first-order valence-electron chi connectivity index (χ1n) is 8.50. The maximum Gasteiger partial charge on any atom is 0.245 e. The number of amides is 2. The molecule has 1 saturated heterocycles.